The third-order valence-electron chi connectivity index (χ3n) is 2.78. The first-order valence-corrected chi connectivity index (χ1v) is 11.6. The second-order valence-electron chi connectivity index (χ2n) is 5.11. The molecule has 0 aromatic heterocycles. The van der Waals surface area contributed by atoms with E-state index in [0.717, 1.165) is 0 Å². The third-order valence-corrected chi connectivity index (χ3v) is 6.59. The van der Waals surface area contributed by atoms with Gasteiger partial charge in [0, 0.05) is 18.8 Å². The number of carbonyl (C=O) groups is 1. The SMILES string of the molecule is [B][C@H]1CC(OC(=O)CCC)[C@@H](COP(=O)(O)OP(=O)(O)OP(=O)(O)O)O1. The van der Waals surface area contributed by atoms with Gasteiger partial charge in [-0.3, -0.25) is 9.32 Å². The maximum atomic E-state index is 11.6. The predicted molar refractivity (Wildman–Crippen MR) is 83.6 cm³/mol. The van der Waals surface area contributed by atoms with Crippen LogP contribution in [0.3, 0.4) is 0 Å². The lowest BCUT2D eigenvalue weighted by Crippen LogP contribution is -2.31. The molecule has 0 aromatic rings. The number of ether oxygens (including phenoxy) is 2. The van der Waals surface area contributed by atoms with Crippen molar-refractivity contribution in [3.05, 3.63) is 0 Å². The van der Waals surface area contributed by atoms with Crippen molar-refractivity contribution in [2.45, 2.75) is 44.4 Å². The van der Waals surface area contributed by atoms with Crippen molar-refractivity contribution in [2.75, 3.05) is 6.61 Å². The molecular formula is C9H18BO13P3. The van der Waals surface area contributed by atoms with Gasteiger partial charge in [0.25, 0.3) is 0 Å². The molecule has 1 fully saturated rings. The first-order valence-electron chi connectivity index (χ1n) is 7.12. The van der Waals surface area contributed by atoms with E-state index in [1.165, 1.54) is 0 Å². The molecule has 1 heterocycles. The number of hydrogen-bond donors (Lipinski definition) is 4. The van der Waals surface area contributed by atoms with E-state index in [2.05, 4.69) is 13.1 Å². The fourth-order valence-corrected chi connectivity index (χ4v) is 4.95. The van der Waals surface area contributed by atoms with E-state index in [0.29, 0.717) is 6.42 Å². The number of phosphoric acid groups is 3. The van der Waals surface area contributed by atoms with E-state index in [4.69, 9.17) is 32.0 Å². The van der Waals surface area contributed by atoms with Gasteiger partial charge in [-0.2, -0.15) is 8.62 Å². The molecule has 0 aliphatic carbocycles. The standard InChI is InChI=1S/C9H18BO13P3/c1-2-3-9(11)21-6-4-8(10)20-7(6)5-19-25(15,16)23-26(17,18)22-24(12,13)14/h6-8H,2-5H2,1H3,(H,15,16)(H,17,18)(H2,12,13,14)/t6?,7-,8-/m1/s1. The minimum atomic E-state index is -5.61. The summed E-state index contributed by atoms with van der Waals surface area (Å²) in [6.07, 6.45) is -1.22. The van der Waals surface area contributed by atoms with Crippen LogP contribution in [0.5, 0.6) is 0 Å². The van der Waals surface area contributed by atoms with E-state index in [9.17, 15) is 23.4 Å². The van der Waals surface area contributed by atoms with Crippen LogP contribution in [-0.4, -0.2) is 58.2 Å². The van der Waals surface area contributed by atoms with Gasteiger partial charge < -0.3 is 29.0 Å². The van der Waals surface area contributed by atoms with Gasteiger partial charge in [0.2, 0.25) is 0 Å². The highest BCUT2D eigenvalue weighted by Gasteiger charge is 2.42. The first kappa shape index (κ1) is 23.9. The molecule has 1 saturated heterocycles. The van der Waals surface area contributed by atoms with Crippen LogP contribution in [-0.2, 0) is 41.1 Å². The first-order chi connectivity index (χ1) is 11.7. The van der Waals surface area contributed by atoms with Crippen LogP contribution in [0.15, 0.2) is 0 Å². The number of phosphoric ester groups is 1. The van der Waals surface area contributed by atoms with E-state index in [1.807, 2.05) is 0 Å². The molecule has 5 atom stereocenters. The van der Waals surface area contributed by atoms with Gasteiger partial charge in [0.05, 0.1) is 6.61 Å². The lowest BCUT2D eigenvalue weighted by Gasteiger charge is -2.21. The Morgan fingerprint density at radius 2 is 1.77 bits per heavy atom. The molecule has 2 radical (unpaired) electrons. The molecule has 17 heteroatoms. The van der Waals surface area contributed by atoms with E-state index in [1.54, 1.807) is 6.92 Å². The molecule has 1 rings (SSSR count). The van der Waals surface area contributed by atoms with Crippen molar-refractivity contribution in [1.29, 1.82) is 0 Å². The molecule has 4 N–H and O–H groups in total. The van der Waals surface area contributed by atoms with Crippen LogP contribution in [0.1, 0.15) is 26.2 Å². The summed E-state index contributed by atoms with van der Waals surface area (Å²) < 4.78 is 55.2. The van der Waals surface area contributed by atoms with Crippen LogP contribution in [0.25, 0.3) is 0 Å². The molecule has 0 bridgehead atoms. The Kier molecular flexibility index (Phi) is 8.66. The summed E-state index contributed by atoms with van der Waals surface area (Å²) in [7, 11) is -10.8. The number of carbonyl (C=O) groups excluding carboxylic acids is 1. The van der Waals surface area contributed by atoms with Crippen LogP contribution in [0.4, 0.5) is 0 Å². The Bertz CT molecular complexity index is 634. The summed E-state index contributed by atoms with van der Waals surface area (Å²) in [6, 6.07) is -0.844. The molecule has 1 aliphatic heterocycles. The minimum absolute atomic E-state index is 0.0832. The zero-order valence-corrected chi connectivity index (χ0v) is 16.1. The molecular weight excluding hydrogens is 420 g/mol. The fourth-order valence-electron chi connectivity index (χ4n) is 1.92. The monoisotopic (exact) mass is 438 g/mol. The summed E-state index contributed by atoms with van der Waals surface area (Å²) in [5, 5.41) is 0. The van der Waals surface area contributed by atoms with Crippen molar-refractivity contribution >= 4 is 37.3 Å². The molecule has 0 saturated carbocycles. The van der Waals surface area contributed by atoms with Gasteiger partial charge in [-0.05, 0) is 6.42 Å². The highest BCUT2D eigenvalue weighted by atomic mass is 31.3. The van der Waals surface area contributed by atoms with Gasteiger partial charge >= 0.3 is 29.4 Å². The molecule has 1 aliphatic rings. The van der Waals surface area contributed by atoms with Gasteiger partial charge in [-0.25, -0.2) is 13.7 Å². The largest absolute Gasteiger partial charge is 0.490 e. The topological polar surface area (TPSA) is 195 Å². The zero-order chi connectivity index (χ0) is 20.2. The normalized spacial score (nSPS) is 28.3. The highest BCUT2D eigenvalue weighted by molar-refractivity contribution is 7.66. The van der Waals surface area contributed by atoms with Crippen LogP contribution < -0.4 is 0 Å². The molecule has 3 unspecified atom stereocenters. The minimum Gasteiger partial charge on any atom is -0.459 e. The van der Waals surface area contributed by atoms with Gasteiger partial charge in [-0.15, -0.1) is 0 Å². The molecule has 26 heavy (non-hydrogen) atoms. The Labute approximate surface area is 149 Å². The maximum absolute atomic E-state index is 11.6. The van der Waals surface area contributed by atoms with Gasteiger partial charge in [0.1, 0.15) is 20.1 Å². The van der Waals surface area contributed by atoms with E-state index >= 15 is 0 Å². The second kappa shape index (κ2) is 9.40. The third kappa shape index (κ3) is 9.21. The molecule has 0 amide bonds. The van der Waals surface area contributed by atoms with Crippen molar-refractivity contribution in [2.24, 2.45) is 0 Å². The summed E-state index contributed by atoms with van der Waals surface area (Å²) in [5.41, 5.74) is 0. The smallest absolute Gasteiger partial charge is 0.459 e. The number of esters is 1. The summed E-state index contributed by atoms with van der Waals surface area (Å²) >= 11 is 0. The van der Waals surface area contributed by atoms with E-state index in [-0.39, 0.29) is 12.8 Å². The average Bonchev–Trinajstić information content (AvgIpc) is 2.72. The molecule has 150 valence electrons. The van der Waals surface area contributed by atoms with Crippen LogP contribution in [0, 0.1) is 0 Å². The number of rotatable bonds is 10. The molecule has 13 nitrogen and oxygen atoms in total. The van der Waals surface area contributed by atoms with E-state index < -0.39 is 54.3 Å². The predicted octanol–water partition coefficient (Wildman–Crippen LogP) is 0.325. The molecule has 0 aromatic carbocycles. The summed E-state index contributed by atoms with van der Waals surface area (Å²) in [6.45, 7) is 1.02. The Balaban J connectivity index is 2.64. The maximum Gasteiger partial charge on any atom is 0.490 e. The Morgan fingerprint density at radius 1 is 1.15 bits per heavy atom. The lowest BCUT2D eigenvalue weighted by atomic mass is 9.96. The van der Waals surface area contributed by atoms with Gasteiger partial charge in [0.15, 0.2) is 0 Å². The average molecular weight is 438 g/mol. The Hall–Kier alpha value is -0.0951. The van der Waals surface area contributed by atoms with Crippen LogP contribution >= 0.6 is 23.5 Å². The lowest BCUT2D eigenvalue weighted by molar-refractivity contribution is -0.152. The van der Waals surface area contributed by atoms with Crippen molar-refractivity contribution in [1.82, 2.24) is 0 Å². The highest BCUT2D eigenvalue weighted by Crippen LogP contribution is 2.66. The molecule has 0 spiro atoms. The summed E-state index contributed by atoms with van der Waals surface area (Å²) in [5.74, 6) is -0.543. The second-order valence-corrected chi connectivity index (χ2v) is 9.53. The van der Waals surface area contributed by atoms with Crippen LogP contribution in [0.2, 0.25) is 0 Å². The Morgan fingerprint density at radius 3 is 2.31 bits per heavy atom. The summed E-state index contributed by atoms with van der Waals surface area (Å²) in [4.78, 5) is 46.8. The van der Waals surface area contributed by atoms with Crippen molar-refractivity contribution < 1.29 is 60.7 Å². The fraction of sp³-hybridized carbons (Fsp3) is 0.889. The van der Waals surface area contributed by atoms with Gasteiger partial charge in [-0.1, -0.05) is 6.92 Å². The van der Waals surface area contributed by atoms with Crippen molar-refractivity contribution in [3.63, 3.8) is 0 Å². The quantitative estimate of drug-likeness (QED) is 0.207. The zero-order valence-electron chi connectivity index (χ0n) is 13.4. The number of hydrogen-bond acceptors (Lipinski definition) is 9. The van der Waals surface area contributed by atoms with Crippen molar-refractivity contribution in [3.8, 4) is 0 Å².